The number of hydrogen-bond donors (Lipinski definition) is 0. The van der Waals surface area contributed by atoms with Gasteiger partial charge in [0.1, 0.15) is 6.23 Å². The fourth-order valence-electron chi connectivity index (χ4n) is 3.10. The van der Waals surface area contributed by atoms with Crippen LogP contribution in [0, 0.1) is 0 Å². The average molecular weight is 320 g/mol. The highest BCUT2D eigenvalue weighted by Crippen LogP contribution is 2.37. The Morgan fingerprint density at radius 2 is 1.83 bits per heavy atom. The van der Waals surface area contributed by atoms with Gasteiger partial charge in [-0.3, -0.25) is 0 Å². The van der Waals surface area contributed by atoms with E-state index in [1.165, 1.54) is 6.42 Å². The smallest absolute Gasteiger partial charge is 0.399 e. The molecule has 6 heteroatoms. The van der Waals surface area contributed by atoms with Gasteiger partial charge in [-0.15, -0.1) is 0 Å². The van der Waals surface area contributed by atoms with Crippen molar-refractivity contribution < 1.29 is 14.0 Å². The van der Waals surface area contributed by atoms with Gasteiger partial charge in [0.25, 0.3) is 0 Å². The van der Waals surface area contributed by atoms with Crippen LogP contribution in [-0.4, -0.2) is 34.7 Å². The summed E-state index contributed by atoms with van der Waals surface area (Å²) in [5.41, 5.74) is 1.40. The van der Waals surface area contributed by atoms with Crippen LogP contribution in [0.3, 0.4) is 0 Å². The molecule has 0 radical (unpaired) electrons. The van der Waals surface area contributed by atoms with Crippen LogP contribution in [0.2, 0.25) is 0 Å². The zero-order valence-corrected chi connectivity index (χ0v) is 15.3. The molecule has 3 rings (SSSR count). The van der Waals surface area contributed by atoms with E-state index in [0.717, 1.165) is 30.6 Å². The largest absolute Gasteiger partial charge is 0.498 e. The molecule has 1 unspecified atom stereocenters. The molecule has 5 nitrogen and oxygen atoms in total. The summed E-state index contributed by atoms with van der Waals surface area (Å²) in [6, 6.07) is 0. The summed E-state index contributed by atoms with van der Waals surface area (Å²) in [4.78, 5) is 0. The molecule has 0 spiro atoms. The van der Waals surface area contributed by atoms with E-state index in [1.54, 1.807) is 0 Å². The van der Waals surface area contributed by atoms with Crippen LogP contribution in [0.1, 0.15) is 78.6 Å². The van der Waals surface area contributed by atoms with Crippen molar-refractivity contribution in [2.75, 3.05) is 6.61 Å². The van der Waals surface area contributed by atoms with Crippen molar-refractivity contribution in [3.8, 4) is 0 Å². The van der Waals surface area contributed by atoms with E-state index in [9.17, 15) is 0 Å². The Labute approximate surface area is 139 Å². The van der Waals surface area contributed by atoms with Gasteiger partial charge in [-0.25, -0.2) is 4.68 Å². The highest BCUT2D eigenvalue weighted by molar-refractivity contribution is 6.62. The number of aromatic nitrogens is 2. The van der Waals surface area contributed by atoms with Gasteiger partial charge in [0.15, 0.2) is 0 Å². The molecule has 0 bridgehead atoms. The number of ether oxygens (including phenoxy) is 1. The highest BCUT2D eigenvalue weighted by Gasteiger charge is 2.53. The Bertz CT molecular complexity index is 546. The first kappa shape index (κ1) is 17.0. The van der Waals surface area contributed by atoms with Crippen molar-refractivity contribution in [1.82, 2.24) is 9.78 Å². The predicted octanol–water partition coefficient (Wildman–Crippen LogP) is 3.00. The predicted molar refractivity (Wildman–Crippen MR) is 90.9 cm³/mol. The zero-order chi connectivity index (χ0) is 16.8. The zero-order valence-electron chi connectivity index (χ0n) is 15.3. The molecule has 1 aromatic rings. The summed E-state index contributed by atoms with van der Waals surface area (Å²) in [5, 5.41) is 4.81. The van der Waals surface area contributed by atoms with Crippen molar-refractivity contribution in [1.29, 1.82) is 0 Å². The van der Waals surface area contributed by atoms with Crippen LogP contribution in [0.5, 0.6) is 0 Å². The molecule has 0 aliphatic carbocycles. The van der Waals surface area contributed by atoms with Gasteiger partial charge in [0.2, 0.25) is 0 Å². The van der Waals surface area contributed by atoms with E-state index >= 15 is 0 Å². The Kier molecular flexibility index (Phi) is 4.36. The first-order valence-electron chi connectivity index (χ1n) is 8.77. The van der Waals surface area contributed by atoms with E-state index in [2.05, 4.69) is 47.7 Å². The van der Waals surface area contributed by atoms with E-state index in [4.69, 9.17) is 19.1 Å². The molecule has 23 heavy (non-hydrogen) atoms. The Morgan fingerprint density at radius 1 is 1.17 bits per heavy atom. The van der Waals surface area contributed by atoms with Gasteiger partial charge in [-0.05, 0) is 52.9 Å². The molecule has 1 aromatic heterocycles. The fraction of sp³-hybridized carbons (Fsp3) is 0.824. The third-order valence-corrected chi connectivity index (χ3v) is 5.30. The van der Waals surface area contributed by atoms with E-state index in [-0.39, 0.29) is 24.5 Å². The quantitative estimate of drug-likeness (QED) is 0.803. The average Bonchev–Trinajstić information content (AvgIpc) is 3.00. The van der Waals surface area contributed by atoms with Crippen molar-refractivity contribution >= 4 is 12.6 Å². The van der Waals surface area contributed by atoms with Crippen molar-refractivity contribution in [3.63, 3.8) is 0 Å². The molecule has 2 saturated heterocycles. The lowest BCUT2D eigenvalue weighted by atomic mass is 9.77. The van der Waals surface area contributed by atoms with Gasteiger partial charge >= 0.3 is 7.12 Å². The van der Waals surface area contributed by atoms with Crippen molar-refractivity contribution in [2.24, 2.45) is 0 Å². The summed E-state index contributed by atoms with van der Waals surface area (Å²) in [5.74, 6) is 0.314. The molecular formula is C17H29BN2O3. The molecule has 2 aliphatic heterocycles. The maximum absolute atomic E-state index is 6.23. The lowest BCUT2D eigenvalue weighted by Gasteiger charge is -2.32. The Balaban J connectivity index is 1.91. The molecule has 2 aliphatic rings. The summed E-state index contributed by atoms with van der Waals surface area (Å²) in [6.45, 7) is 13.4. The summed E-state index contributed by atoms with van der Waals surface area (Å²) < 4.78 is 20.3. The summed E-state index contributed by atoms with van der Waals surface area (Å²) in [7, 11) is -0.366. The van der Waals surface area contributed by atoms with E-state index in [0.29, 0.717) is 5.92 Å². The first-order valence-corrected chi connectivity index (χ1v) is 8.77. The molecule has 0 amide bonds. The second-order valence-electron chi connectivity index (χ2n) is 8.01. The lowest BCUT2D eigenvalue weighted by Crippen LogP contribution is -2.41. The first-order chi connectivity index (χ1) is 10.7. The normalized spacial score (nSPS) is 26.9. The van der Waals surface area contributed by atoms with Gasteiger partial charge in [0.05, 0.1) is 16.9 Å². The minimum absolute atomic E-state index is 0.0393. The maximum atomic E-state index is 6.23. The van der Waals surface area contributed by atoms with E-state index in [1.807, 2.05) is 4.68 Å². The fourth-order valence-corrected chi connectivity index (χ4v) is 3.10. The molecule has 2 fully saturated rings. The third kappa shape index (κ3) is 3.09. The van der Waals surface area contributed by atoms with Gasteiger partial charge < -0.3 is 14.0 Å². The van der Waals surface area contributed by atoms with Crippen LogP contribution in [-0.2, 0) is 14.0 Å². The Morgan fingerprint density at radius 3 is 2.35 bits per heavy atom. The SMILES string of the molecule is CC(C)c1nn(C2CCCCO2)cc1B1OC(C)(C)C(C)(C)O1. The minimum atomic E-state index is -0.366. The van der Waals surface area contributed by atoms with Gasteiger partial charge in [-0.2, -0.15) is 5.10 Å². The monoisotopic (exact) mass is 320 g/mol. The van der Waals surface area contributed by atoms with Crippen LogP contribution in [0.15, 0.2) is 6.20 Å². The molecule has 3 heterocycles. The van der Waals surface area contributed by atoms with Crippen molar-refractivity contribution in [2.45, 2.75) is 84.2 Å². The van der Waals surface area contributed by atoms with Crippen LogP contribution in [0.4, 0.5) is 0 Å². The molecular weight excluding hydrogens is 291 g/mol. The second-order valence-corrected chi connectivity index (χ2v) is 8.01. The highest BCUT2D eigenvalue weighted by atomic mass is 16.7. The topological polar surface area (TPSA) is 45.5 Å². The molecule has 1 atom stereocenters. The maximum Gasteiger partial charge on any atom is 0.498 e. The lowest BCUT2D eigenvalue weighted by molar-refractivity contribution is -0.0396. The van der Waals surface area contributed by atoms with Gasteiger partial charge in [-0.1, -0.05) is 13.8 Å². The molecule has 0 aromatic carbocycles. The third-order valence-electron chi connectivity index (χ3n) is 5.30. The Hall–Kier alpha value is -0.845. The number of nitrogens with zero attached hydrogens (tertiary/aromatic N) is 2. The van der Waals surface area contributed by atoms with Gasteiger partial charge in [0, 0.05) is 18.3 Å². The molecule has 128 valence electrons. The molecule has 0 N–H and O–H groups in total. The van der Waals surface area contributed by atoms with Crippen LogP contribution < -0.4 is 5.46 Å². The standard InChI is InChI=1S/C17H29BN2O3/c1-12(2)15-13(18-22-16(3,4)17(5,6)23-18)11-20(19-15)14-9-7-8-10-21-14/h11-12,14H,7-10H2,1-6H3. The van der Waals surface area contributed by atoms with Crippen LogP contribution in [0.25, 0.3) is 0 Å². The number of hydrogen-bond acceptors (Lipinski definition) is 4. The summed E-state index contributed by atoms with van der Waals surface area (Å²) >= 11 is 0. The number of rotatable bonds is 3. The van der Waals surface area contributed by atoms with Crippen molar-refractivity contribution in [3.05, 3.63) is 11.9 Å². The molecule has 0 saturated carbocycles. The minimum Gasteiger partial charge on any atom is -0.399 e. The summed E-state index contributed by atoms with van der Waals surface area (Å²) in [6.07, 6.45) is 5.44. The van der Waals surface area contributed by atoms with Crippen LogP contribution >= 0.6 is 0 Å². The van der Waals surface area contributed by atoms with E-state index < -0.39 is 0 Å². The second kappa shape index (κ2) is 5.90.